The third-order valence-electron chi connectivity index (χ3n) is 25.8. The zero-order valence-electron chi connectivity index (χ0n) is 80.9. The van der Waals surface area contributed by atoms with Crippen LogP contribution in [0.2, 0.25) is 15.1 Å². The van der Waals surface area contributed by atoms with Gasteiger partial charge in [0, 0.05) is 54.3 Å². The molecule has 0 aliphatic heterocycles. The van der Waals surface area contributed by atoms with Crippen molar-refractivity contribution in [2.24, 2.45) is 0 Å². The van der Waals surface area contributed by atoms with E-state index in [1.54, 1.807) is 0 Å². The Bertz CT molecular complexity index is 6690. The van der Waals surface area contributed by atoms with Gasteiger partial charge in [-0.1, -0.05) is 468 Å². The van der Waals surface area contributed by atoms with Crippen molar-refractivity contribution >= 4 is 74.9 Å². The van der Waals surface area contributed by atoms with E-state index in [-0.39, 0.29) is 69.5 Å². The molecule has 15 aromatic rings. The maximum Gasteiger partial charge on any atom is 1.00 e. The number of benzene rings is 15. The Morgan fingerprint density at radius 1 is 0.316 bits per heavy atom. The fourth-order valence-corrected chi connectivity index (χ4v) is 19.5. The van der Waals surface area contributed by atoms with Crippen LogP contribution >= 0.6 is 63.1 Å². The molecule has 4 aliphatic carbocycles. The molecule has 0 fully saturated rings. The molecular weight excluding hydrogens is 1770 g/mol. The Morgan fingerprint density at radius 2 is 0.586 bits per heavy atom. The molecule has 0 bridgehead atoms. The summed E-state index contributed by atoms with van der Waals surface area (Å²) in [7, 11) is 0. The van der Waals surface area contributed by atoms with E-state index in [4.69, 9.17) is 44.7 Å². The summed E-state index contributed by atoms with van der Waals surface area (Å²) in [5.41, 5.74) is 37.1. The summed E-state index contributed by atoms with van der Waals surface area (Å²) in [6, 6.07) is 114. The fourth-order valence-electron chi connectivity index (χ4n) is 18.6. The SMILES string of the molecule is CC(=O)O.CC(C)(C)c1ccc(-c2ccc(C(C)(C)C)cc2Br)cc1.CC(C)(C)c1ccc(-c2ccc(C(C)(C)C)cc2C2(O)c3ccccc3-c3cccc(-c4ccc(Cl)cc4)c32)cc1.CC(C)(C)c1ccc2c(c1)C1(c3cc(C(C)(C)C)ccc3-2)c2ccccc2-c2cccc(-c3ccc(Cl)cc3)c21.Cl.O=C1c2ccccc2-c2cccc(-c3ccc(Cl)cc3)c21.[CH2-]CCC.[Li+]. The van der Waals surface area contributed by atoms with Gasteiger partial charge in [-0.25, -0.2) is 0 Å². The zero-order chi connectivity index (χ0) is 94.4. The first-order valence-corrected chi connectivity index (χ1v) is 47.5. The normalized spacial score (nSPS) is 13.7. The van der Waals surface area contributed by atoms with Gasteiger partial charge in [0.05, 0.1) is 5.41 Å². The minimum absolute atomic E-state index is 0. The van der Waals surface area contributed by atoms with Crippen LogP contribution in [-0.2, 0) is 48.3 Å². The number of aliphatic hydroxyl groups is 1. The first-order chi connectivity index (χ1) is 61.9. The van der Waals surface area contributed by atoms with E-state index in [0.717, 1.165) is 102 Å². The number of carboxylic acid groups (broad SMARTS) is 1. The van der Waals surface area contributed by atoms with Crippen molar-refractivity contribution in [3.05, 3.63) is 431 Å². The molecule has 674 valence electrons. The summed E-state index contributed by atoms with van der Waals surface area (Å²) in [6.45, 7) is 47.6. The Hall–Kier alpha value is -10.4. The first-order valence-electron chi connectivity index (χ1n) is 45.6. The van der Waals surface area contributed by atoms with Crippen molar-refractivity contribution in [3.63, 3.8) is 0 Å². The van der Waals surface area contributed by atoms with E-state index in [0.29, 0.717) is 10.0 Å². The van der Waals surface area contributed by atoms with Gasteiger partial charge in [0.2, 0.25) is 0 Å². The van der Waals surface area contributed by atoms with E-state index in [1.165, 1.54) is 111 Å². The second-order valence-electron chi connectivity index (χ2n) is 41.1. The van der Waals surface area contributed by atoms with Crippen LogP contribution in [0.25, 0.3) is 100 Å². The fraction of sp³-hybridized carbons (Fsp3) is 0.244. The number of carbonyl (C=O) groups excluding carboxylic acids is 1. The number of fused-ring (bicyclic) bond motifs is 16. The molecule has 0 saturated carbocycles. The molecule has 1 atom stereocenters. The molecule has 0 amide bonds. The van der Waals surface area contributed by atoms with Crippen LogP contribution in [0.5, 0.6) is 0 Å². The van der Waals surface area contributed by atoms with E-state index >= 15 is 0 Å². The standard InChI is InChI=1S/C39H37ClO.C39H35Cl.C20H25Br.C19H11ClO.C4H9.C2H4O2.ClH.Li/c1-37(2,3)27-18-14-25(15-19-27)30-23-20-28(38(4,5)6)24-35(30)39(41)34-13-8-7-10-32(34)33-12-9-11-31(36(33)39)26-16-21-29(40)22-17-26;1-37(2,3)25-16-20-30-31-21-17-26(38(4,5)6)23-35(31)39(34(30)22-25)33-13-8-7-10-29(33)32-12-9-11-28(36(32)39)24-14-18-27(40)19-15-24;1-19(2,3)15-9-7-14(8-10-15)17-12-11-16(13-18(17)21)20(4,5)6;20-13-10-8-12(9-11-13)14-6-3-7-16-15-4-1-2-5-17(15)19(21)18(14)16;1-3-4-2;1-2(3)4;;/h7-24,41H,1-6H3;7-23H,1-6H3;7-13H,1-6H3;1-11H;1,3-4H2,2H3;1H3,(H,3,4);1H;/q;;;;-1;;;+1. The summed E-state index contributed by atoms with van der Waals surface area (Å²) in [5.74, 6) is -0.730. The van der Waals surface area contributed by atoms with Crippen molar-refractivity contribution in [2.75, 3.05) is 0 Å². The molecule has 1 unspecified atom stereocenters. The summed E-state index contributed by atoms with van der Waals surface area (Å²) in [5, 5.41) is 22.9. The Kier molecular flexibility index (Phi) is 30.8. The van der Waals surface area contributed by atoms with Gasteiger partial charge in [-0.2, -0.15) is 6.42 Å². The number of hydrogen-bond acceptors (Lipinski definition) is 3. The maximum absolute atomic E-state index is 13.4. The zero-order valence-corrected chi connectivity index (χ0v) is 85.5. The third kappa shape index (κ3) is 20.8. The number of carboxylic acids is 1. The van der Waals surface area contributed by atoms with Crippen LogP contribution in [-0.4, -0.2) is 22.0 Å². The van der Waals surface area contributed by atoms with Crippen molar-refractivity contribution in [1.82, 2.24) is 0 Å². The average molecular weight is 1890 g/mol. The molecule has 0 saturated heterocycles. The van der Waals surface area contributed by atoms with E-state index < -0.39 is 17.0 Å². The van der Waals surface area contributed by atoms with Gasteiger partial charge in [0.25, 0.3) is 5.97 Å². The number of halogens is 5. The van der Waals surface area contributed by atoms with Crippen molar-refractivity contribution in [1.29, 1.82) is 0 Å². The quantitative estimate of drug-likeness (QED) is 0.123. The second-order valence-corrected chi connectivity index (χ2v) is 43.3. The molecule has 10 heteroatoms. The van der Waals surface area contributed by atoms with Gasteiger partial charge >= 0.3 is 18.9 Å². The number of hydrogen-bond donors (Lipinski definition) is 2. The Morgan fingerprint density at radius 3 is 0.992 bits per heavy atom. The van der Waals surface area contributed by atoms with Crippen LogP contribution in [0.3, 0.4) is 0 Å². The Balaban J connectivity index is 0.000000161. The number of rotatable bonds is 7. The van der Waals surface area contributed by atoms with Crippen LogP contribution in [0.15, 0.2) is 326 Å². The van der Waals surface area contributed by atoms with Gasteiger partial charge < -0.3 is 17.1 Å². The minimum Gasteiger partial charge on any atom is -0.481 e. The molecule has 133 heavy (non-hydrogen) atoms. The summed E-state index contributed by atoms with van der Waals surface area (Å²) < 4.78 is 1.17. The predicted octanol–water partition coefficient (Wildman–Crippen LogP) is 32.5. The molecule has 15 aromatic carbocycles. The minimum atomic E-state index is -1.36. The van der Waals surface area contributed by atoms with Crippen molar-refractivity contribution in [2.45, 2.75) is 195 Å². The van der Waals surface area contributed by atoms with Gasteiger partial charge in [0.15, 0.2) is 5.78 Å². The topological polar surface area (TPSA) is 74.6 Å². The molecular formula is C123H122BrCl4LiO4. The summed E-state index contributed by atoms with van der Waals surface area (Å²) in [4.78, 5) is 21.7. The molecule has 19 rings (SSSR count). The van der Waals surface area contributed by atoms with Crippen molar-refractivity contribution < 1.29 is 38.7 Å². The number of unbranched alkanes of at least 4 members (excludes halogenated alkanes) is 1. The van der Waals surface area contributed by atoms with Gasteiger partial charge in [-0.3, -0.25) is 9.59 Å². The molecule has 2 N–H and O–H groups in total. The van der Waals surface area contributed by atoms with Crippen molar-refractivity contribution in [3.8, 4) is 100 Å². The number of ketones is 1. The first kappa shape index (κ1) is 102. The number of carbonyl (C=O) groups is 2. The van der Waals surface area contributed by atoms with E-state index in [9.17, 15) is 9.90 Å². The van der Waals surface area contributed by atoms with E-state index in [2.05, 4.69) is 367 Å². The monoisotopic (exact) mass is 1890 g/mol. The van der Waals surface area contributed by atoms with Crippen LogP contribution < -0.4 is 18.9 Å². The van der Waals surface area contributed by atoms with Gasteiger partial charge in [-0.15, -0.1) is 12.4 Å². The summed E-state index contributed by atoms with van der Waals surface area (Å²) >= 11 is 22.3. The molecule has 0 aromatic heterocycles. The van der Waals surface area contributed by atoms with Crippen LogP contribution in [0.1, 0.15) is 240 Å². The van der Waals surface area contributed by atoms with Crippen LogP contribution in [0, 0.1) is 6.92 Å². The number of aliphatic carboxylic acids is 1. The van der Waals surface area contributed by atoms with E-state index in [1.807, 2.05) is 109 Å². The molecule has 4 nitrogen and oxygen atoms in total. The largest absolute Gasteiger partial charge is 1.00 e. The second kappa shape index (κ2) is 40.3. The van der Waals surface area contributed by atoms with Crippen LogP contribution in [0.4, 0.5) is 0 Å². The Labute approximate surface area is 832 Å². The third-order valence-corrected chi connectivity index (χ3v) is 27.2. The molecule has 4 aliphatic rings. The predicted molar refractivity (Wildman–Crippen MR) is 568 cm³/mol. The van der Waals surface area contributed by atoms with Gasteiger partial charge in [-0.05, 0) is 231 Å². The average Bonchev–Trinajstić information content (AvgIpc) is 1.50. The summed E-state index contributed by atoms with van der Waals surface area (Å²) in [6.07, 6.45) is 2.28. The molecule has 0 radical (unpaired) electrons. The smallest absolute Gasteiger partial charge is 0.481 e. The maximum atomic E-state index is 13.4. The molecule has 0 heterocycles. The molecule has 1 spiro atoms. The van der Waals surface area contributed by atoms with Gasteiger partial charge in [0.1, 0.15) is 5.60 Å².